The molecule has 0 unspecified atom stereocenters. The van der Waals surface area contributed by atoms with Gasteiger partial charge in [0.05, 0.1) is 19.1 Å². The number of benzene rings is 1. The molecule has 0 bridgehead atoms. The monoisotopic (exact) mass is 314 g/mol. The lowest BCUT2D eigenvalue weighted by Crippen LogP contribution is -2.26. The normalized spacial score (nSPS) is 10.4. The van der Waals surface area contributed by atoms with E-state index in [2.05, 4.69) is 14.6 Å². The average Bonchev–Trinajstić information content (AvgIpc) is 2.82. The topological polar surface area (TPSA) is 60.3 Å². The summed E-state index contributed by atoms with van der Waals surface area (Å²) in [4.78, 5) is 23.4. The maximum absolute atomic E-state index is 12.3. The molecule has 0 spiro atoms. The highest BCUT2D eigenvalue weighted by Gasteiger charge is 2.17. The first kappa shape index (κ1) is 16.8. The van der Waals surface area contributed by atoms with Crippen LogP contribution in [-0.2, 0) is 9.53 Å². The first-order chi connectivity index (χ1) is 11.0. The number of nitrogens with one attached hydrogen (secondary N) is 1. The van der Waals surface area contributed by atoms with E-state index in [0.717, 1.165) is 22.6 Å². The molecule has 0 radical (unpaired) electrons. The molecule has 5 heteroatoms. The third-order valence-corrected chi connectivity index (χ3v) is 3.87. The molecular formula is C18H22N2O3. The maximum Gasteiger partial charge on any atom is 0.307 e. The van der Waals surface area contributed by atoms with Gasteiger partial charge >= 0.3 is 5.97 Å². The summed E-state index contributed by atoms with van der Waals surface area (Å²) in [5, 5.41) is 2.76. The number of carbonyl (C=O) groups excluding carboxylic acids is 2. The van der Waals surface area contributed by atoms with Crippen molar-refractivity contribution in [2.24, 2.45) is 0 Å². The molecule has 0 atom stereocenters. The average molecular weight is 314 g/mol. The second kappa shape index (κ2) is 7.13. The lowest BCUT2D eigenvalue weighted by Gasteiger charge is -2.12. The van der Waals surface area contributed by atoms with Crippen molar-refractivity contribution in [1.82, 2.24) is 9.88 Å². The van der Waals surface area contributed by atoms with E-state index in [0.29, 0.717) is 5.56 Å². The first-order valence-electron chi connectivity index (χ1n) is 7.55. The summed E-state index contributed by atoms with van der Waals surface area (Å²) in [6, 6.07) is 9.93. The molecule has 0 aliphatic heterocycles. The van der Waals surface area contributed by atoms with Crippen LogP contribution in [0.15, 0.2) is 30.3 Å². The molecular weight excluding hydrogens is 292 g/mol. The van der Waals surface area contributed by atoms with Crippen molar-refractivity contribution in [1.29, 1.82) is 0 Å². The van der Waals surface area contributed by atoms with Gasteiger partial charge < -0.3 is 14.6 Å². The summed E-state index contributed by atoms with van der Waals surface area (Å²) in [5.74, 6) is -0.516. The van der Waals surface area contributed by atoms with E-state index >= 15 is 0 Å². The Labute approximate surface area is 136 Å². The zero-order valence-electron chi connectivity index (χ0n) is 14.0. The van der Waals surface area contributed by atoms with Gasteiger partial charge in [-0.05, 0) is 38.5 Å². The van der Waals surface area contributed by atoms with Gasteiger partial charge in [-0.1, -0.05) is 18.2 Å². The van der Waals surface area contributed by atoms with Gasteiger partial charge in [-0.3, -0.25) is 9.59 Å². The zero-order valence-corrected chi connectivity index (χ0v) is 14.0. The highest BCUT2D eigenvalue weighted by molar-refractivity contribution is 5.96. The molecule has 122 valence electrons. The molecule has 23 heavy (non-hydrogen) atoms. The van der Waals surface area contributed by atoms with Crippen LogP contribution in [-0.4, -0.2) is 30.1 Å². The number of hydrogen-bond donors (Lipinski definition) is 1. The van der Waals surface area contributed by atoms with Gasteiger partial charge in [0.25, 0.3) is 5.91 Å². The van der Waals surface area contributed by atoms with Crippen LogP contribution in [0.4, 0.5) is 0 Å². The van der Waals surface area contributed by atoms with Crippen molar-refractivity contribution < 1.29 is 14.3 Å². The van der Waals surface area contributed by atoms with Gasteiger partial charge in [-0.15, -0.1) is 0 Å². The van der Waals surface area contributed by atoms with Gasteiger partial charge in [-0.2, -0.15) is 0 Å². The molecule has 5 nitrogen and oxygen atoms in total. The molecule has 1 heterocycles. The van der Waals surface area contributed by atoms with E-state index in [4.69, 9.17) is 0 Å². The number of aromatic nitrogens is 1. The Morgan fingerprint density at radius 3 is 2.52 bits per heavy atom. The van der Waals surface area contributed by atoms with E-state index in [-0.39, 0.29) is 24.8 Å². The van der Waals surface area contributed by atoms with Gasteiger partial charge in [0.15, 0.2) is 0 Å². The first-order valence-corrected chi connectivity index (χ1v) is 7.55. The highest BCUT2D eigenvalue weighted by Crippen LogP contribution is 2.23. The van der Waals surface area contributed by atoms with E-state index in [1.807, 2.05) is 51.1 Å². The zero-order chi connectivity index (χ0) is 17.0. The van der Waals surface area contributed by atoms with Crippen LogP contribution < -0.4 is 5.32 Å². The molecule has 2 aromatic rings. The van der Waals surface area contributed by atoms with Gasteiger partial charge in [0.2, 0.25) is 0 Å². The number of aryl methyl sites for hydroxylation is 2. The number of para-hydroxylation sites is 1. The number of methoxy groups -OCH3 is 1. The van der Waals surface area contributed by atoms with Crippen molar-refractivity contribution >= 4 is 11.9 Å². The third kappa shape index (κ3) is 3.62. The summed E-state index contributed by atoms with van der Waals surface area (Å²) in [6.45, 7) is 6.21. The molecule has 1 amide bonds. The Balaban J connectivity index is 2.22. The quantitative estimate of drug-likeness (QED) is 0.863. The van der Waals surface area contributed by atoms with Crippen LogP contribution in [0.3, 0.4) is 0 Å². The minimum Gasteiger partial charge on any atom is -0.469 e. The molecule has 0 saturated carbocycles. The largest absolute Gasteiger partial charge is 0.469 e. The van der Waals surface area contributed by atoms with Crippen LogP contribution in [0, 0.1) is 20.8 Å². The SMILES string of the molecule is COC(=O)CCNC(=O)c1cc(C)n(-c2ccccc2C)c1C. The summed E-state index contributed by atoms with van der Waals surface area (Å²) in [7, 11) is 1.33. The van der Waals surface area contributed by atoms with E-state index in [1.54, 1.807) is 0 Å². The fraction of sp³-hybridized carbons (Fsp3) is 0.333. The van der Waals surface area contributed by atoms with E-state index < -0.39 is 0 Å². The van der Waals surface area contributed by atoms with E-state index in [9.17, 15) is 9.59 Å². The van der Waals surface area contributed by atoms with Crippen LogP contribution in [0.25, 0.3) is 5.69 Å². The number of rotatable bonds is 5. The molecule has 0 aliphatic carbocycles. The van der Waals surface area contributed by atoms with Crippen LogP contribution in [0.5, 0.6) is 0 Å². The van der Waals surface area contributed by atoms with E-state index in [1.165, 1.54) is 7.11 Å². The summed E-state index contributed by atoms with van der Waals surface area (Å²) >= 11 is 0. The number of hydrogen-bond acceptors (Lipinski definition) is 3. The summed E-state index contributed by atoms with van der Waals surface area (Å²) in [6.07, 6.45) is 0.165. The van der Waals surface area contributed by atoms with Crippen molar-refractivity contribution in [3.05, 3.63) is 52.8 Å². The molecule has 1 aromatic carbocycles. The second-order valence-corrected chi connectivity index (χ2v) is 5.49. The molecule has 0 aliphatic rings. The van der Waals surface area contributed by atoms with Crippen LogP contribution in [0.2, 0.25) is 0 Å². The number of esters is 1. The fourth-order valence-electron chi connectivity index (χ4n) is 2.65. The number of nitrogens with zero attached hydrogens (tertiary/aromatic N) is 1. The third-order valence-electron chi connectivity index (χ3n) is 3.87. The molecule has 2 rings (SSSR count). The van der Waals surface area contributed by atoms with Crippen LogP contribution >= 0.6 is 0 Å². The Bertz CT molecular complexity index is 732. The predicted molar refractivity (Wildman–Crippen MR) is 88.9 cm³/mol. The number of carbonyl (C=O) groups is 2. The maximum atomic E-state index is 12.3. The van der Waals surface area contributed by atoms with Crippen molar-refractivity contribution in [3.63, 3.8) is 0 Å². The summed E-state index contributed by atoms with van der Waals surface area (Å²) in [5.41, 5.74) is 4.71. The number of ether oxygens (including phenoxy) is 1. The number of amides is 1. The van der Waals surface area contributed by atoms with Crippen LogP contribution in [0.1, 0.15) is 33.7 Å². The molecule has 1 aromatic heterocycles. The van der Waals surface area contributed by atoms with Crippen molar-refractivity contribution in [2.75, 3.05) is 13.7 Å². The smallest absolute Gasteiger partial charge is 0.307 e. The summed E-state index contributed by atoms with van der Waals surface area (Å²) < 4.78 is 6.64. The Morgan fingerprint density at radius 1 is 1.17 bits per heavy atom. The Hall–Kier alpha value is -2.56. The lowest BCUT2D eigenvalue weighted by molar-refractivity contribution is -0.140. The van der Waals surface area contributed by atoms with Gasteiger partial charge in [-0.25, -0.2) is 0 Å². The molecule has 0 saturated heterocycles. The Morgan fingerprint density at radius 2 is 1.87 bits per heavy atom. The van der Waals surface area contributed by atoms with Gasteiger partial charge in [0, 0.05) is 23.6 Å². The van der Waals surface area contributed by atoms with Crippen molar-refractivity contribution in [3.8, 4) is 5.69 Å². The standard InChI is InChI=1S/C18H22N2O3/c1-12-7-5-6-8-16(12)20-13(2)11-15(14(20)3)18(22)19-10-9-17(21)23-4/h5-8,11H,9-10H2,1-4H3,(H,19,22). The lowest BCUT2D eigenvalue weighted by atomic mass is 10.2. The van der Waals surface area contributed by atoms with Gasteiger partial charge in [0.1, 0.15) is 0 Å². The molecule has 0 fully saturated rings. The minimum absolute atomic E-state index is 0.165. The second-order valence-electron chi connectivity index (χ2n) is 5.49. The Kier molecular flexibility index (Phi) is 5.21. The predicted octanol–water partition coefficient (Wildman–Crippen LogP) is 2.70. The highest BCUT2D eigenvalue weighted by atomic mass is 16.5. The molecule has 1 N–H and O–H groups in total. The fourth-order valence-corrected chi connectivity index (χ4v) is 2.65. The van der Waals surface area contributed by atoms with Crippen molar-refractivity contribution in [2.45, 2.75) is 27.2 Å². The minimum atomic E-state index is -0.337.